The van der Waals surface area contributed by atoms with E-state index in [0.717, 1.165) is 35.0 Å². The lowest BCUT2D eigenvalue weighted by Gasteiger charge is -2.23. The van der Waals surface area contributed by atoms with Crippen LogP contribution < -0.4 is 0 Å². The molecule has 2 fully saturated rings. The van der Waals surface area contributed by atoms with Gasteiger partial charge in [-0.05, 0) is 37.3 Å². The molecule has 2 aliphatic rings. The summed E-state index contributed by atoms with van der Waals surface area (Å²) in [7, 11) is 0. The molecule has 4 rings (SSSR count). The molecular weight excluding hydrogens is 304 g/mol. The van der Waals surface area contributed by atoms with Gasteiger partial charge in [0.15, 0.2) is 0 Å². The average Bonchev–Trinajstić information content (AvgIpc) is 3.19. The number of carboxylic acids is 1. The monoisotopic (exact) mass is 326 g/mol. The molecule has 0 radical (unpaired) electrons. The molecule has 2 atom stereocenters. The topological polar surface area (TPSA) is 73.4 Å². The summed E-state index contributed by atoms with van der Waals surface area (Å²) in [4.78, 5) is 29.7. The molecule has 126 valence electrons. The van der Waals surface area contributed by atoms with Crippen LogP contribution in [0.15, 0.2) is 24.3 Å². The summed E-state index contributed by atoms with van der Waals surface area (Å²) in [6.45, 7) is 2.94. The van der Waals surface area contributed by atoms with E-state index in [2.05, 4.69) is 4.98 Å². The summed E-state index contributed by atoms with van der Waals surface area (Å²) in [5.41, 5.74) is 2.37. The first-order chi connectivity index (χ1) is 11.5. The van der Waals surface area contributed by atoms with Gasteiger partial charge in [-0.15, -0.1) is 0 Å². The van der Waals surface area contributed by atoms with Crippen LogP contribution >= 0.6 is 0 Å². The van der Waals surface area contributed by atoms with Crippen molar-refractivity contribution in [2.24, 2.45) is 11.3 Å². The predicted molar refractivity (Wildman–Crippen MR) is 90.7 cm³/mol. The smallest absolute Gasteiger partial charge is 0.311 e. The lowest BCUT2D eigenvalue weighted by atomic mass is 9.81. The lowest BCUT2D eigenvalue weighted by Crippen LogP contribution is -2.37. The third-order valence-electron chi connectivity index (χ3n) is 6.00. The maximum atomic E-state index is 12.8. The highest BCUT2D eigenvalue weighted by Crippen LogP contribution is 2.49. The number of carbonyl (C=O) groups excluding carboxylic acids is 1. The molecule has 2 N–H and O–H groups in total. The van der Waals surface area contributed by atoms with Gasteiger partial charge in [-0.25, -0.2) is 0 Å². The fourth-order valence-electron chi connectivity index (χ4n) is 4.65. The van der Waals surface area contributed by atoms with Crippen molar-refractivity contribution in [3.8, 4) is 0 Å². The van der Waals surface area contributed by atoms with Gasteiger partial charge in [0.25, 0.3) is 0 Å². The molecule has 2 aromatic rings. The van der Waals surface area contributed by atoms with Crippen LogP contribution in [0.5, 0.6) is 0 Å². The fraction of sp³-hybridized carbons (Fsp3) is 0.474. The number of aliphatic carboxylic acids is 1. The Kier molecular flexibility index (Phi) is 3.41. The van der Waals surface area contributed by atoms with Gasteiger partial charge in [0.1, 0.15) is 0 Å². The van der Waals surface area contributed by atoms with Crippen LogP contribution in [0.25, 0.3) is 10.9 Å². The summed E-state index contributed by atoms with van der Waals surface area (Å²) < 4.78 is 0. The van der Waals surface area contributed by atoms with E-state index in [9.17, 15) is 14.7 Å². The number of aryl methyl sites for hydroxylation is 1. The van der Waals surface area contributed by atoms with Gasteiger partial charge in [-0.1, -0.05) is 24.6 Å². The van der Waals surface area contributed by atoms with Crippen molar-refractivity contribution in [3.63, 3.8) is 0 Å². The van der Waals surface area contributed by atoms with E-state index in [1.54, 1.807) is 4.90 Å². The van der Waals surface area contributed by atoms with Gasteiger partial charge in [-0.2, -0.15) is 0 Å². The Hall–Kier alpha value is -2.30. The first-order valence-electron chi connectivity index (χ1n) is 8.58. The lowest BCUT2D eigenvalue weighted by molar-refractivity contribution is -0.149. The molecule has 1 aliphatic carbocycles. The first kappa shape index (κ1) is 15.2. The quantitative estimate of drug-likeness (QED) is 0.911. The summed E-state index contributed by atoms with van der Waals surface area (Å²) in [6, 6.07) is 7.99. The normalized spacial score (nSPS) is 26.0. The Labute approximate surface area is 140 Å². The predicted octanol–water partition coefficient (Wildman–Crippen LogP) is 2.73. The van der Waals surface area contributed by atoms with E-state index in [-0.39, 0.29) is 11.8 Å². The number of para-hydroxylation sites is 1. The van der Waals surface area contributed by atoms with Crippen LogP contribution in [0.4, 0.5) is 0 Å². The number of fused-ring (bicyclic) bond motifs is 2. The molecule has 1 amide bonds. The molecule has 24 heavy (non-hydrogen) atoms. The van der Waals surface area contributed by atoms with Crippen molar-refractivity contribution in [3.05, 3.63) is 35.5 Å². The molecule has 1 aliphatic heterocycles. The number of aromatic nitrogens is 1. The Morgan fingerprint density at radius 2 is 2.17 bits per heavy atom. The zero-order chi connectivity index (χ0) is 16.9. The van der Waals surface area contributed by atoms with Crippen LogP contribution in [-0.4, -0.2) is 40.0 Å². The average molecular weight is 326 g/mol. The van der Waals surface area contributed by atoms with Gasteiger partial charge >= 0.3 is 5.97 Å². The SMILES string of the molecule is Cc1[nH]c2ccccc2c1CC(=O)N1C[C@@H]2CCC[C@@]2(C(=O)O)C1. The number of hydrogen-bond donors (Lipinski definition) is 2. The van der Waals surface area contributed by atoms with Gasteiger partial charge < -0.3 is 15.0 Å². The van der Waals surface area contributed by atoms with Gasteiger partial charge in [0.2, 0.25) is 5.91 Å². The van der Waals surface area contributed by atoms with Crippen LogP contribution in [0.2, 0.25) is 0 Å². The van der Waals surface area contributed by atoms with E-state index < -0.39 is 11.4 Å². The number of nitrogens with zero attached hydrogens (tertiary/aromatic N) is 1. The highest BCUT2D eigenvalue weighted by molar-refractivity contribution is 5.90. The molecule has 1 aromatic heterocycles. The Morgan fingerprint density at radius 1 is 1.38 bits per heavy atom. The largest absolute Gasteiger partial charge is 0.481 e. The van der Waals surface area contributed by atoms with Crippen LogP contribution in [0.1, 0.15) is 30.5 Å². The van der Waals surface area contributed by atoms with Gasteiger partial charge in [-0.3, -0.25) is 9.59 Å². The first-order valence-corrected chi connectivity index (χ1v) is 8.58. The minimum Gasteiger partial charge on any atom is -0.481 e. The number of aromatic amines is 1. The number of H-pyrrole nitrogens is 1. The van der Waals surface area contributed by atoms with Crippen molar-refractivity contribution in [2.45, 2.75) is 32.6 Å². The number of likely N-dealkylation sites (tertiary alicyclic amines) is 1. The minimum absolute atomic E-state index is 0.0397. The minimum atomic E-state index is -0.733. The van der Waals surface area contributed by atoms with Crippen molar-refractivity contribution >= 4 is 22.8 Å². The number of amides is 1. The molecule has 1 aromatic carbocycles. The number of rotatable bonds is 3. The highest BCUT2D eigenvalue weighted by Gasteiger charge is 2.55. The second kappa shape index (κ2) is 5.36. The van der Waals surface area contributed by atoms with Crippen molar-refractivity contribution < 1.29 is 14.7 Å². The van der Waals surface area contributed by atoms with Crippen LogP contribution in [0, 0.1) is 18.3 Å². The van der Waals surface area contributed by atoms with Crippen molar-refractivity contribution in [1.82, 2.24) is 9.88 Å². The van der Waals surface area contributed by atoms with Gasteiger partial charge in [0.05, 0.1) is 11.8 Å². The highest BCUT2D eigenvalue weighted by atomic mass is 16.4. The number of hydrogen-bond acceptors (Lipinski definition) is 2. The molecule has 0 bridgehead atoms. The van der Waals surface area contributed by atoms with Gasteiger partial charge in [0, 0.05) is 29.7 Å². The molecule has 2 heterocycles. The number of nitrogens with one attached hydrogen (secondary N) is 1. The molecule has 0 unspecified atom stereocenters. The summed E-state index contributed by atoms with van der Waals surface area (Å²) in [5.74, 6) is -0.579. The summed E-state index contributed by atoms with van der Waals surface area (Å²) in [5, 5.41) is 10.8. The molecule has 5 heteroatoms. The maximum absolute atomic E-state index is 12.8. The number of carbonyl (C=O) groups is 2. The zero-order valence-corrected chi connectivity index (χ0v) is 13.8. The third-order valence-corrected chi connectivity index (χ3v) is 6.00. The van der Waals surface area contributed by atoms with E-state index in [4.69, 9.17) is 0 Å². The summed E-state index contributed by atoms with van der Waals surface area (Å²) in [6.07, 6.45) is 2.91. The zero-order valence-electron chi connectivity index (χ0n) is 13.8. The van der Waals surface area contributed by atoms with E-state index in [1.165, 1.54) is 0 Å². The molecule has 5 nitrogen and oxygen atoms in total. The number of carboxylic acid groups (broad SMARTS) is 1. The molecule has 1 saturated heterocycles. The number of benzene rings is 1. The Balaban J connectivity index is 1.57. The van der Waals surface area contributed by atoms with Crippen molar-refractivity contribution in [1.29, 1.82) is 0 Å². The third kappa shape index (κ3) is 2.14. The Morgan fingerprint density at radius 3 is 2.92 bits per heavy atom. The van der Waals surface area contributed by atoms with Crippen molar-refractivity contribution in [2.75, 3.05) is 13.1 Å². The van der Waals surface area contributed by atoms with Crippen LogP contribution in [0.3, 0.4) is 0 Å². The summed E-state index contributed by atoms with van der Waals surface area (Å²) >= 11 is 0. The van der Waals surface area contributed by atoms with E-state index >= 15 is 0 Å². The maximum Gasteiger partial charge on any atom is 0.311 e. The standard InChI is InChI=1S/C19H22N2O3/c1-12-15(14-6-2-3-7-16(14)20-12)9-17(22)21-10-13-5-4-8-19(13,11-21)18(23)24/h2-3,6-7,13,20H,4-5,8-11H2,1H3,(H,23,24)/t13-,19+/m0/s1. The fourth-order valence-corrected chi connectivity index (χ4v) is 4.65. The second-order valence-electron chi connectivity index (χ2n) is 7.28. The molecule has 1 saturated carbocycles. The molecule has 0 spiro atoms. The van der Waals surface area contributed by atoms with Crippen LogP contribution in [-0.2, 0) is 16.0 Å². The second-order valence-corrected chi connectivity index (χ2v) is 7.28. The van der Waals surface area contributed by atoms with E-state index in [0.29, 0.717) is 25.9 Å². The molecular formula is C19H22N2O3. The Bertz CT molecular complexity index is 825. The van der Waals surface area contributed by atoms with E-state index in [1.807, 2.05) is 31.2 Å².